The number of carboxylic acid groups (broad SMARTS) is 1. The number of anilines is 1. The first-order valence-electron chi connectivity index (χ1n) is 13.6. The predicted molar refractivity (Wildman–Crippen MR) is 144 cm³/mol. The zero-order chi connectivity index (χ0) is 28.3. The molecule has 2 aromatic heterocycles. The van der Waals surface area contributed by atoms with Gasteiger partial charge in [-0.15, -0.1) is 13.2 Å². The lowest BCUT2D eigenvalue weighted by Crippen LogP contribution is -2.45. The predicted octanol–water partition coefficient (Wildman–Crippen LogP) is 7.14. The van der Waals surface area contributed by atoms with E-state index in [1.807, 2.05) is 18.2 Å². The second-order valence-electron chi connectivity index (χ2n) is 10.9. The Morgan fingerprint density at radius 3 is 2.56 bits per heavy atom. The molecule has 3 fully saturated rings. The van der Waals surface area contributed by atoms with Crippen LogP contribution in [-0.4, -0.2) is 45.2 Å². The van der Waals surface area contributed by atoms with Crippen LogP contribution in [-0.2, 0) is 11.3 Å². The van der Waals surface area contributed by atoms with E-state index in [0.29, 0.717) is 22.4 Å². The maximum absolute atomic E-state index is 13.1. The third-order valence-electron chi connectivity index (χ3n) is 8.24. The second kappa shape index (κ2) is 10.0. The number of nitrogens with zero attached hydrogens (tertiary/aromatic N) is 3. The largest absolute Gasteiger partial charge is 0.573 e. The van der Waals surface area contributed by atoms with Gasteiger partial charge < -0.3 is 24.0 Å². The summed E-state index contributed by atoms with van der Waals surface area (Å²) in [5, 5.41) is 14.2. The molecule has 1 aliphatic carbocycles. The topological polar surface area (TPSA) is 97.9 Å². The first-order valence-corrected chi connectivity index (χ1v) is 14.4. The fourth-order valence-corrected chi connectivity index (χ4v) is 7.14. The van der Waals surface area contributed by atoms with Crippen molar-refractivity contribution in [2.45, 2.75) is 75.6 Å². The van der Waals surface area contributed by atoms with E-state index in [2.05, 4.69) is 19.2 Å². The van der Waals surface area contributed by atoms with Gasteiger partial charge >= 0.3 is 12.3 Å². The Kier molecular flexibility index (Phi) is 6.42. The molecule has 3 atom stereocenters. The zero-order valence-corrected chi connectivity index (χ0v) is 22.6. The zero-order valence-electron chi connectivity index (χ0n) is 21.8. The molecule has 2 saturated heterocycles. The number of para-hydroxylation sites is 1. The van der Waals surface area contributed by atoms with Gasteiger partial charge in [0.25, 0.3) is 0 Å². The minimum Gasteiger partial charge on any atom is -0.476 e. The van der Waals surface area contributed by atoms with Gasteiger partial charge in [-0.25, -0.2) is 4.79 Å². The number of alkyl halides is 3. The van der Waals surface area contributed by atoms with Crippen molar-refractivity contribution in [3.63, 3.8) is 0 Å². The van der Waals surface area contributed by atoms with Gasteiger partial charge in [-0.3, -0.25) is 0 Å². The summed E-state index contributed by atoms with van der Waals surface area (Å²) in [5.74, 6) is -0.469. The highest BCUT2D eigenvalue weighted by Gasteiger charge is 2.42. The van der Waals surface area contributed by atoms with Crippen molar-refractivity contribution in [2.75, 3.05) is 4.90 Å². The van der Waals surface area contributed by atoms with Crippen LogP contribution in [0.1, 0.15) is 66.3 Å². The number of fused-ring (bicyclic) bond motifs is 3. The molecule has 7 rings (SSSR count). The van der Waals surface area contributed by atoms with Crippen molar-refractivity contribution >= 4 is 33.3 Å². The summed E-state index contributed by atoms with van der Waals surface area (Å²) in [6.45, 7) is 0.194. The average Bonchev–Trinajstić information content (AvgIpc) is 3.44. The van der Waals surface area contributed by atoms with Gasteiger partial charge in [-0.2, -0.15) is 4.37 Å². The SMILES string of the molecule is O=C(O)c1nsc2cc(N3[C@@H]4CC[C@H]3CC(OCc3c(-c5ccccc5OC(F)(F)F)noc3C3CC3)C4)ccc12. The molecule has 1 unspecified atom stereocenters. The molecule has 41 heavy (non-hydrogen) atoms. The summed E-state index contributed by atoms with van der Waals surface area (Å²) in [4.78, 5) is 13.9. The number of aromatic nitrogens is 2. The molecular weight excluding hydrogens is 559 g/mol. The van der Waals surface area contributed by atoms with Crippen LogP contribution in [0.5, 0.6) is 5.75 Å². The summed E-state index contributed by atoms with van der Waals surface area (Å²) >= 11 is 1.19. The first-order chi connectivity index (χ1) is 19.7. The molecule has 0 spiro atoms. The highest BCUT2D eigenvalue weighted by atomic mass is 32.1. The van der Waals surface area contributed by atoms with Gasteiger partial charge in [0.15, 0.2) is 5.69 Å². The highest BCUT2D eigenvalue weighted by Crippen LogP contribution is 2.47. The smallest absolute Gasteiger partial charge is 0.476 e. The van der Waals surface area contributed by atoms with E-state index in [1.165, 1.54) is 23.7 Å². The number of ether oxygens (including phenoxy) is 2. The number of hydrogen-bond acceptors (Lipinski definition) is 8. The Morgan fingerprint density at radius 2 is 1.85 bits per heavy atom. The van der Waals surface area contributed by atoms with Gasteiger partial charge in [0.2, 0.25) is 0 Å². The van der Waals surface area contributed by atoms with E-state index in [1.54, 1.807) is 12.1 Å². The van der Waals surface area contributed by atoms with Crippen molar-refractivity contribution in [3.05, 3.63) is 59.5 Å². The Labute approximate surface area is 236 Å². The molecule has 2 aliphatic heterocycles. The standard InChI is InChI=1S/C29H26F3N3O5S/c30-29(31,32)39-23-4-2-1-3-20(23)25-22(27(40-33-25)15-5-6-15)14-38-19-11-16-7-8-17(12-19)35(16)18-9-10-21-24(13-18)41-34-26(21)28(36)37/h1-4,9-10,13,15-17,19H,5-8,11-12,14H2,(H,36,37)/t16-,17+,19?. The van der Waals surface area contributed by atoms with Crippen LogP contribution in [0.2, 0.25) is 0 Å². The molecule has 3 aliphatic rings. The fourth-order valence-electron chi connectivity index (χ4n) is 6.34. The Balaban J connectivity index is 1.09. The highest BCUT2D eigenvalue weighted by molar-refractivity contribution is 7.13. The van der Waals surface area contributed by atoms with E-state index < -0.39 is 12.3 Å². The van der Waals surface area contributed by atoms with Crippen LogP contribution in [0.15, 0.2) is 47.0 Å². The van der Waals surface area contributed by atoms with Crippen LogP contribution < -0.4 is 9.64 Å². The number of carbonyl (C=O) groups is 1. The maximum atomic E-state index is 13.1. The lowest BCUT2D eigenvalue weighted by Gasteiger charge is -2.40. The van der Waals surface area contributed by atoms with Crippen molar-refractivity contribution in [2.24, 2.45) is 0 Å². The lowest BCUT2D eigenvalue weighted by atomic mass is 9.98. The number of piperidine rings is 1. The number of rotatable bonds is 8. The molecule has 4 heterocycles. The van der Waals surface area contributed by atoms with E-state index in [9.17, 15) is 23.1 Å². The molecule has 214 valence electrons. The normalized spacial score (nSPS) is 22.4. The third kappa shape index (κ3) is 5.03. The van der Waals surface area contributed by atoms with Gasteiger partial charge in [-0.05, 0) is 80.4 Å². The summed E-state index contributed by atoms with van der Waals surface area (Å²) in [5.41, 5.74) is 2.37. The fraction of sp³-hybridized carbons (Fsp3) is 0.414. The first kappa shape index (κ1) is 26.3. The van der Waals surface area contributed by atoms with Gasteiger partial charge in [0.05, 0.1) is 17.4 Å². The number of aromatic carboxylic acids is 1. The van der Waals surface area contributed by atoms with Crippen molar-refractivity contribution in [3.8, 4) is 17.0 Å². The Hall–Kier alpha value is -3.64. The van der Waals surface area contributed by atoms with E-state index >= 15 is 0 Å². The van der Waals surface area contributed by atoms with Crippen molar-refractivity contribution in [1.82, 2.24) is 9.53 Å². The molecule has 4 aromatic rings. The number of carboxylic acids is 1. The Morgan fingerprint density at radius 1 is 1.10 bits per heavy atom. The van der Waals surface area contributed by atoms with Crippen LogP contribution in [0.4, 0.5) is 18.9 Å². The number of halogens is 3. The molecule has 12 heteroatoms. The summed E-state index contributed by atoms with van der Waals surface area (Å²) in [6.07, 6.45) is 0.721. The molecule has 2 aromatic carbocycles. The lowest BCUT2D eigenvalue weighted by molar-refractivity contribution is -0.274. The van der Waals surface area contributed by atoms with Gasteiger partial charge in [0.1, 0.15) is 17.2 Å². The second-order valence-corrected chi connectivity index (χ2v) is 11.7. The van der Waals surface area contributed by atoms with Crippen LogP contribution in [0.25, 0.3) is 21.3 Å². The molecule has 1 N–H and O–H groups in total. The monoisotopic (exact) mass is 585 g/mol. The summed E-state index contributed by atoms with van der Waals surface area (Å²) in [6, 6.07) is 12.3. The average molecular weight is 586 g/mol. The van der Waals surface area contributed by atoms with Crippen LogP contribution in [0, 0.1) is 0 Å². The van der Waals surface area contributed by atoms with Crippen LogP contribution >= 0.6 is 11.5 Å². The molecule has 2 bridgehead atoms. The van der Waals surface area contributed by atoms with Gasteiger partial charge in [0, 0.05) is 40.2 Å². The minimum atomic E-state index is -4.83. The molecular formula is C29H26F3N3O5S. The van der Waals surface area contributed by atoms with E-state index in [0.717, 1.165) is 48.9 Å². The molecule has 1 saturated carbocycles. The van der Waals surface area contributed by atoms with Crippen molar-refractivity contribution in [1.29, 1.82) is 0 Å². The third-order valence-corrected chi connectivity index (χ3v) is 9.05. The minimum absolute atomic E-state index is 0.0222. The summed E-state index contributed by atoms with van der Waals surface area (Å²) < 4.78 is 60.6. The number of benzene rings is 2. The van der Waals surface area contributed by atoms with Crippen LogP contribution in [0.3, 0.4) is 0 Å². The van der Waals surface area contributed by atoms with E-state index in [-0.39, 0.29) is 47.7 Å². The quantitative estimate of drug-likeness (QED) is 0.233. The molecule has 0 amide bonds. The Bertz CT molecular complexity index is 1600. The molecule has 8 nitrogen and oxygen atoms in total. The van der Waals surface area contributed by atoms with Gasteiger partial charge in [-0.1, -0.05) is 17.3 Å². The number of hydrogen-bond donors (Lipinski definition) is 1. The molecule has 0 radical (unpaired) electrons. The van der Waals surface area contributed by atoms with E-state index in [4.69, 9.17) is 9.26 Å². The summed E-state index contributed by atoms with van der Waals surface area (Å²) in [7, 11) is 0. The van der Waals surface area contributed by atoms with Crippen molar-refractivity contribution < 1.29 is 37.1 Å². The maximum Gasteiger partial charge on any atom is 0.573 e.